The van der Waals surface area contributed by atoms with Crippen LogP contribution in [0.4, 0.5) is 9.59 Å². The number of hydrogen-bond donors (Lipinski definition) is 1. The minimum absolute atomic E-state index is 0.0450. The Bertz CT molecular complexity index is 3410. The average Bonchev–Trinajstić information content (AvgIpc) is 4.08. The summed E-state index contributed by atoms with van der Waals surface area (Å²) in [6, 6.07) is 16.7. The lowest BCUT2D eigenvalue weighted by atomic mass is 9.86. The molecule has 5 aromatic heterocycles. The van der Waals surface area contributed by atoms with Crippen molar-refractivity contribution in [2.45, 2.75) is 116 Å². The number of benzene rings is 2. The number of carbonyl (C=O) groups is 3. The number of nitrogens with one attached hydrogen (secondary N) is 1. The van der Waals surface area contributed by atoms with E-state index in [-0.39, 0.29) is 64.2 Å². The van der Waals surface area contributed by atoms with E-state index in [1.54, 1.807) is 82.9 Å². The van der Waals surface area contributed by atoms with Crippen LogP contribution in [0, 0.1) is 31.6 Å². The van der Waals surface area contributed by atoms with E-state index in [2.05, 4.69) is 27.2 Å². The highest BCUT2D eigenvalue weighted by molar-refractivity contribution is 7.90. The van der Waals surface area contributed by atoms with Gasteiger partial charge in [0, 0.05) is 44.5 Å². The molecule has 4 unspecified atom stereocenters. The highest BCUT2D eigenvalue weighted by atomic mass is 32.2. The Balaban J connectivity index is 0.000000195. The molecule has 0 aliphatic carbocycles. The predicted molar refractivity (Wildman–Crippen MR) is 275 cm³/mol. The van der Waals surface area contributed by atoms with E-state index in [0.717, 1.165) is 32.9 Å². The van der Waals surface area contributed by atoms with Crippen LogP contribution < -0.4 is 5.32 Å². The van der Waals surface area contributed by atoms with Crippen molar-refractivity contribution in [3.63, 3.8) is 0 Å². The number of imidazole rings is 1. The van der Waals surface area contributed by atoms with Crippen LogP contribution in [-0.2, 0) is 40.9 Å². The smallest absolute Gasteiger partial charge is 0.410 e. The van der Waals surface area contributed by atoms with E-state index < -0.39 is 37.3 Å². The third kappa shape index (κ3) is 11.4. The summed E-state index contributed by atoms with van der Waals surface area (Å²) in [7, 11) is -7.65. The molecule has 73 heavy (non-hydrogen) atoms. The molecule has 0 spiro atoms. The maximum absolute atomic E-state index is 13.4. The van der Waals surface area contributed by atoms with E-state index in [0.29, 0.717) is 48.4 Å². The van der Waals surface area contributed by atoms with Crippen molar-refractivity contribution in [2.75, 3.05) is 26.2 Å². The first-order valence-electron chi connectivity index (χ1n) is 24.3. The molecule has 2 fully saturated rings. The maximum Gasteiger partial charge on any atom is 0.410 e. The van der Waals surface area contributed by atoms with Crippen molar-refractivity contribution < 1.29 is 40.7 Å². The number of ether oxygens (including phenoxy) is 2. The molecule has 0 bridgehead atoms. The zero-order valence-corrected chi connectivity index (χ0v) is 44.6. The van der Waals surface area contributed by atoms with Gasteiger partial charge in [0.05, 0.1) is 57.6 Å². The fourth-order valence-corrected chi connectivity index (χ4v) is 11.6. The molecule has 19 nitrogen and oxygen atoms in total. The normalized spacial score (nSPS) is 18.9. The van der Waals surface area contributed by atoms with Crippen molar-refractivity contribution >= 4 is 66.0 Å². The van der Waals surface area contributed by atoms with Gasteiger partial charge in [-0.3, -0.25) is 9.20 Å². The minimum atomic E-state index is -3.83. The lowest BCUT2D eigenvalue weighted by Gasteiger charge is -2.37. The number of aromatic nitrogens is 7. The van der Waals surface area contributed by atoms with Gasteiger partial charge in [0.15, 0.2) is 11.3 Å². The summed E-state index contributed by atoms with van der Waals surface area (Å²) >= 11 is 0. The van der Waals surface area contributed by atoms with Crippen molar-refractivity contribution in [1.29, 1.82) is 0 Å². The monoisotopic (exact) mass is 1040 g/mol. The largest absolute Gasteiger partial charge is 0.444 e. The molecule has 2 aromatic carbocycles. The van der Waals surface area contributed by atoms with Gasteiger partial charge in [-0.05, 0) is 116 Å². The molecule has 7 aromatic rings. The fourth-order valence-electron chi connectivity index (χ4n) is 8.97. The first kappa shape index (κ1) is 52.5. The summed E-state index contributed by atoms with van der Waals surface area (Å²) in [5.41, 5.74) is 3.64. The third-order valence-electron chi connectivity index (χ3n) is 13.1. The van der Waals surface area contributed by atoms with E-state index in [4.69, 9.17) is 14.5 Å². The maximum atomic E-state index is 13.4. The molecule has 3 amide bonds. The van der Waals surface area contributed by atoms with Crippen LogP contribution in [-0.4, -0.2) is 114 Å². The van der Waals surface area contributed by atoms with Gasteiger partial charge in [-0.1, -0.05) is 49.2 Å². The van der Waals surface area contributed by atoms with Crippen LogP contribution in [0.1, 0.15) is 96.8 Å². The number of hydrogen-bond acceptors (Lipinski definition) is 13. The molecule has 0 saturated carbocycles. The quantitative estimate of drug-likeness (QED) is 0.152. The zero-order valence-electron chi connectivity index (χ0n) is 42.9. The number of amides is 3. The van der Waals surface area contributed by atoms with E-state index in [9.17, 15) is 31.2 Å². The topological polar surface area (TPSA) is 222 Å². The third-order valence-corrected chi connectivity index (χ3v) is 16.4. The standard InChI is InChI=1S/C26H33N5O5S.C26H31N5O4S/c1-17-6-8-20(9-7-17)37(34,35)31-13-11-22-23(31)27-14-19(29-22)15-28-24(32)21-16-30(12-10-18(21)2)25(33)36-26(3,4)5;1-17-6-8-20(9-7-17)36(33,34)30-13-11-22-24(30)28-15-19-14-27-23(31(19)22)21-16-29(12-10-18(21)2)25(32)35-26(3,4)5/h6-9,11,13-14,18,21H,10,12,15-16H2,1-5H3,(H,28,32);6-9,11,13-15,18,21H,10,12,16H2,1-5H3. The first-order valence-corrected chi connectivity index (χ1v) is 27.2. The lowest BCUT2D eigenvalue weighted by Crippen LogP contribution is -2.49. The number of carbonyl (C=O) groups excluding carboxylic acids is 3. The van der Waals surface area contributed by atoms with Crippen LogP contribution >= 0.6 is 0 Å². The molecule has 4 atom stereocenters. The average molecular weight is 1040 g/mol. The molecule has 2 saturated heterocycles. The van der Waals surface area contributed by atoms with Gasteiger partial charge in [0.25, 0.3) is 20.0 Å². The van der Waals surface area contributed by atoms with Gasteiger partial charge >= 0.3 is 12.2 Å². The van der Waals surface area contributed by atoms with Crippen molar-refractivity contribution in [1.82, 2.24) is 47.4 Å². The molecule has 1 N–H and O–H groups in total. The molecule has 2 aliphatic heterocycles. The van der Waals surface area contributed by atoms with Crippen LogP contribution in [0.2, 0.25) is 0 Å². The van der Waals surface area contributed by atoms with Crippen molar-refractivity contribution in [3.8, 4) is 0 Å². The number of nitrogens with zero attached hydrogens (tertiary/aromatic N) is 9. The van der Waals surface area contributed by atoms with E-state index in [1.165, 1.54) is 22.6 Å². The first-order chi connectivity index (χ1) is 34.3. The summed E-state index contributed by atoms with van der Waals surface area (Å²) < 4.78 is 68.3. The van der Waals surface area contributed by atoms with Gasteiger partial charge in [-0.25, -0.2) is 54.3 Å². The Hall–Kier alpha value is -6.87. The number of likely N-dealkylation sites (tertiary alicyclic amines) is 2. The van der Waals surface area contributed by atoms with Crippen molar-refractivity contribution in [2.24, 2.45) is 17.8 Å². The Labute approximate surface area is 426 Å². The Morgan fingerprint density at radius 1 is 0.658 bits per heavy atom. The molecule has 7 heterocycles. The molecule has 0 radical (unpaired) electrons. The Morgan fingerprint density at radius 3 is 1.74 bits per heavy atom. The number of rotatable bonds is 8. The van der Waals surface area contributed by atoms with Gasteiger partial charge in [0.1, 0.15) is 22.5 Å². The Morgan fingerprint density at radius 2 is 1.16 bits per heavy atom. The Kier molecular flexibility index (Phi) is 14.5. The van der Waals surface area contributed by atoms with Crippen LogP contribution in [0.3, 0.4) is 0 Å². The zero-order chi connectivity index (χ0) is 52.8. The number of aryl methyl sites for hydroxylation is 2. The molecular formula is C52H64N10O9S2. The lowest BCUT2D eigenvalue weighted by molar-refractivity contribution is -0.128. The number of piperidine rings is 2. The summed E-state index contributed by atoms with van der Waals surface area (Å²) in [6.07, 6.45) is 8.57. The second-order valence-electron chi connectivity index (χ2n) is 21.1. The van der Waals surface area contributed by atoms with Gasteiger partial charge in [0.2, 0.25) is 5.91 Å². The molecular weight excluding hydrogens is 973 g/mol. The summed E-state index contributed by atoms with van der Waals surface area (Å²) in [5.74, 6) is 0.560. The van der Waals surface area contributed by atoms with E-state index >= 15 is 0 Å². The van der Waals surface area contributed by atoms with E-state index in [1.807, 2.05) is 66.7 Å². The summed E-state index contributed by atoms with van der Waals surface area (Å²) in [5, 5.41) is 2.89. The van der Waals surface area contributed by atoms with Gasteiger partial charge in [-0.15, -0.1) is 0 Å². The molecule has 388 valence electrons. The second kappa shape index (κ2) is 20.2. The van der Waals surface area contributed by atoms with Gasteiger partial charge in [-0.2, -0.15) is 0 Å². The highest BCUT2D eigenvalue weighted by Gasteiger charge is 2.37. The summed E-state index contributed by atoms with van der Waals surface area (Å²) in [4.78, 5) is 59.9. The second-order valence-corrected chi connectivity index (χ2v) is 24.7. The molecule has 21 heteroatoms. The van der Waals surface area contributed by atoms with Crippen LogP contribution in [0.15, 0.2) is 101 Å². The summed E-state index contributed by atoms with van der Waals surface area (Å²) in [6.45, 7) is 21.0. The SMILES string of the molecule is Cc1ccc(S(=O)(=O)n2ccc3c2ncc2cnc(C4CN(C(=O)OC(C)(C)C)CCC4C)n23)cc1.Cc1ccc(S(=O)(=O)n2ccc3nc(CNC(=O)C4CN(C(=O)OC(C)(C)C)CCC4C)cnc32)cc1. The fraction of sp³-hybridized carbons (Fsp3) is 0.442. The van der Waals surface area contributed by atoms with Gasteiger partial charge < -0.3 is 24.6 Å². The highest BCUT2D eigenvalue weighted by Crippen LogP contribution is 2.35. The molecule has 2 aliphatic rings. The van der Waals surface area contributed by atoms with Crippen LogP contribution in [0.25, 0.3) is 27.8 Å². The predicted octanol–water partition coefficient (Wildman–Crippen LogP) is 8.08. The minimum Gasteiger partial charge on any atom is -0.444 e. The molecule has 9 rings (SSSR count). The number of fused-ring (bicyclic) bond motifs is 4. The van der Waals surface area contributed by atoms with Crippen LogP contribution in [0.5, 0.6) is 0 Å². The van der Waals surface area contributed by atoms with Crippen molar-refractivity contribution in [3.05, 3.63) is 114 Å².